The first kappa shape index (κ1) is 17.9. The maximum atomic E-state index is 12.4. The van der Waals surface area contributed by atoms with Crippen LogP contribution in [0.5, 0.6) is 0 Å². The molecule has 0 saturated carbocycles. The topological polar surface area (TPSA) is 81.7 Å². The molecule has 26 heavy (non-hydrogen) atoms. The Morgan fingerprint density at radius 3 is 2.42 bits per heavy atom. The largest absolute Gasteiger partial charge is 0.481 e. The van der Waals surface area contributed by atoms with E-state index in [0.717, 1.165) is 28.9 Å². The number of rotatable bonds is 7. The number of hydrogen-bond donors (Lipinski definition) is 3. The van der Waals surface area contributed by atoms with Crippen molar-refractivity contribution in [2.24, 2.45) is 0 Å². The van der Waals surface area contributed by atoms with E-state index in [4.69, 9.17) is 5.11 Å². The third kappa shape index (κ3) is 4.03. The first-order valence-corrected chi connectivity index (χ1v) is 8.69. The molecule has 1 heterocycles. The zero-order valence-corrected chi connectivity index (χ0v) is 14.7. The van der Waals surface area contributed by atoms with Crippen LogP contribution in [0.3, 0.4) is 0 Å². The number of carboxylic acids is 1. The molecule has 2 amide bonds. The molecule has 1 unspecified atom stereocenters. The number of benzene rings is 2. The van der Waals surface area contributed by atoms with Crippen LogP contribution in [0.1, 0.15) is 29.2 Å². The Kier molecular flexibility index (Phi) is 5.53. The lowest BCUT2D eigenvalue weighted by atomic mass is 10.0. The number of aryl methyl sites for hydroxylation is 1. The van der Waals surface area contributed by atoms with Gasteiger partial charge < -0.3 is 15.7 Å². The minimum atomic E-state index is -0.799. The summed E-state index contributed by atoms with van der Waals surface area (Å²) in [6.07, 6.45) is 0.627. The molecule has 1 aliphatic heterocycles. The van der Waals surface area contributed by atoms with Gasteiger partial charge in [-0.1, -0.05) is 36.4 Å². The van der Waals surface area contributed by atoms with Gasteiger partial charge in [0, 0.05) is 25.2 Å². The lowest BCUT2D eigenvalue weighted by Gasteiger charge is -2.24. The molecule has 0 radical (unpaired) electrons. The number of carboxylic acid groups (broad SMARTS) is 1. The molecule has 1 atom stereocenters. The van der Waals surface area contributed by atoms with E-state index in [0.29, 0.717) is 13.0 Å². The van der Waals surface area contributed by atoms with Crippen molar-refractivity contribution < 1.29 is 14.7 Å². The van der Waals surface area contributed by atoms with E-state index in [1.54, 1.807) is 4.90 Å². The van der Waals surface area contributed by atoms with Crippen molar-refractivity contribution in [2.45, 2.75) is 25.4 Å². The second-order valence-electron chi connectivity index (χ2n) is 6.40. The summed E-state index contributed by atoms with van der Waals surface area (Å²) in [5.41, 5.74) is 4.04. The number of amides is 2. The van der Waals surface area contributed by atoms with Gasteiger partial charge >= 0.3 is 12.0 Å². The van der Waals surface area contributed by atoms with Gasteiger partial charge in [0.2, 0.25) is 0 Å². The Bertz CT molecular complexity index is 772. The molecule has 6 nitrogen and oxygen atoms in total. The van der Waals surface area contributed by atoms with Crippen molar-refractivity contribution >= 4 is 17.7 Å². The molecule has 1 aliphatic rings. The van der Waals surface area contributed by atoms with Crippen LogP contribution in [0.4, 0.5) is 10.5 Å². The molecule has 6 heteroatoms. The zero-order chi connectivity index (χ0) is 18.5. The summed E-state index contributed by atoms with van der Waals surface area (Å²) < 4.78 is 0. The zero-order valence-electron chi connectivity index (χ0n) is 14.7. The molecule has 0 aromatic heterocycles. The maximum absolute atomic E-state index is 12.4. The Hall–Kier alpha value is -2.86. The summed E-state index contributed by atoms with van der Waals surface area (Å²) in [4.78, 5) is 24.8. The summed E-state index contributed by atoms with van der Waals surface area (Å²) in [5, 5.41) is 14.8. The smallest absolute Gasteiger partial charge is 0.322 e. The number of carbonyl (C=O) groups excluding carboxylic acids is 1. The molecule has 0 bridgehead atoms. The number of hydrogen-bond acceptors (Lipinski definition) is 3. The van der Waals surface area contributed by atoms with Crippen molar-refractivity contribution in [3.05, 3.63) is 65.2 Å². The molecule has 0 spiro atoms. The summed E-state index contributed by atoms with van der Waals surface area (Å²) in [6.45, 7) is 1.33. The first-order valence-electron chi connectivity index (χ1n) is 8.69. The molecule has 1 saturated heterocycles. The molecule has 2 aromatic carbocycles. The predicted molar refractivity (Wildman–Crippen MR) is 100 cm³/mol. The average molecular weight is 353 g/mol. The van der Waals surface area contributed by atoms with Gasteiger partial charge in [-0.3, -0.25) is 9.69 Å². The number of nitrogens with zero attached hydrogens (tertiary/aromatic N) is 1. The van der Waals surface area contributed by atoms with Gasteiger partial charge in [-0.15, -0.1) is 0 Å². The number of aliphatic carboxylic acids is 1. The first-order chi connectivity index (χ1) is 12.6. The highest BCUT2D eigenvalue weighted by Gasteiger charge is 2.32. The highest BCUT2D eigenvalue weighted by molar-refractivity contribution is 5.95. The van der Waals surface area contributed by atoms with Crippen molar-refractivity contribution in [1.29, 1.82) is 0 Å². The van der Waals surface area contributed by atoms with Crippen molar-refractivity contribution in [3.8, 4) is 0 Å². The Morgan fingerprint density at radius 1 is 1.15 bits per heavy atom. The van der Waals surface area contributed by atoms with Crippen LogP contribution < -0.4 is 15.5 Å². The van der Waals surface area contributed by atoms with Crippen LogP contribution in [0.25, 0.3) is 0 Å². The molecule has 0 aliphatic carbocycles. The molecule has 3 rings (SSSR count). The van der Waals surface area contributed by atoms with Gasteiger partial charge in [0.1, 0.15) is 0 Å². The molecular formula is C20H23N3O3. The second kappa shape index (κ2) is 8.01. The summed E-state index contributed by atoms with van der Waals surface area (Å²) >= 11 is 0. The van der Waals surface area contributed by atoms with E-state index in [2.05, 4.69) is 10.6 Å². The highest BCUT2D eigenvalue weighted by atomic mass is 16.4. The summed E-state index contributed by atoms with van der Waals surface area (Å²) in [5.74, 6) is -0.799. The van der Waals surface area contributed by atoms with Crippen LogP contribution in [-0.4, -0.2) is 30.7 Å². The van der Waals surface area contributed by atoms with Gasteiger partial charge in [0.25, 0.3) is 0 Å². The van der Waals surface area contributed by atoms with E-state index in [1.165, 1.54) is 0 Å². The quantitative estimate of drug-likeness (QED) is 0.715. The van der Waals surface area contributed by atoms with E-state index in [9.17, 15) is 9.59 Å². The minimum absolute atomic E-state index is 0.0776. The normalized spacial score (nSPS) is 16.6. The van der Waals surface area contributed by atoms with E-state index >= 15 is 0 Å². The minimum Gasteiger partial charge on any atom is -0.481 e. The third-order valence-electron chi connectivity index (χ3n) is 4.56. The SMILES string of the molecule is CNCc1ccc(N2C(=O)NCC2c2ccc(CCC(=O)O)cc2)cc1. The second-order valence-corrected chi connectivity index (χ2v) is 6.40. The van der Waals surface area contributed by atoms with E-state index in [-0.39, 0.29) is 18.5 Å². The van der Waals surface area contributed by atoms with Crippen LogP contribution in [-0.2, 0) is 17.8 Å². The van der Waals surface area contributed by atoms with Crippen molar-refractivity contribution in [3.63, 3.8) is 0 Å². The molecule has 3 N–H and O–H groups in total. The van der Waals surface area contributed by atoms with Gasteiger partial charge in [-0.2, -0.15) is 0 Å². The number of carbonyl (C=O) groups is 2. The maximum Gasteiger partial charge on any atom is 0.322 e. The third-order valence-corrected chi connectivity index (χ3v) is 4.56. The standard InChI is InChI=1S/C20H23N3O3/c1-21-12-15-4-9-17(10-5-15)23-18(13-22-20(23)26)16-7-2-14(3-8-16)6-11-19(24)25/h2-5,7-10,18,21H,6,11-13H2,1H3,(H,22,26)(H,24,25). The van der Waals surface area contributed by atoms with E-state index < -0.39 is 5.97 Å². The van der Waals surface area contributed by atoms with Gasteiger partial charge in [0.05, 0.1) is 6.04 Å². The molecule has 136 valence electrons. The van der Waals surface area contributed by atoms with Crippen molar-refractivity contribution in [1.82, 2.24) is 10.6 Å². The molecule has 2 aromatic rings. The number of nitrogens with one attached hydrogen (secondary N) is 2. The fourth-order valence-corrected chi connectivity index (χ4v) is 3.20. The number of urea groups is 1. The van der Waals surface area contributed by atoms with Crippen LogP contribution >= 0.6 is 0 Å². The van der Waals surface area contributed by atoms with Gasteiger partial charge in [0.15, 0.2) is 0 Å². The fourth-order valence-electron chi connectivity index (χ4n) is 3.20. The Balaban J connectivity index is 1.77. The van der Waals surface area contributed by atoms with Crippen LogP contribution in [0, 0.1) is 0 Å². The monoisotopic (exact) mass is 353 g/mol. The van der Waals surface area contributed by atoms with Crippen LogP contribution in [0.2, 0.25) is 0 Å². The lowest BCUT2D eigenvalue weighted by Crippen LogP contribution is -2.29. The lowest BCUT2D eigenvalue weighted by molar-refractivity contribution is -0.136. The Labute approximate surface area is 152 Å². The van der Waals surface area contributed by atoms with Crippen molar-refractivity contribution in [2.75, 3.05) is 18.5 Å². The van der Waals surface area contributed by atoms with Gasteiger partial charge in [-0.25, -0.2) is 4.79 Å². The summed E-state index contributed by atoms with van der Waals surface area (Å²) in [7, 11) is 1.90. The Morgan fingerprint density at radius 2 is 1.81 bits per heavy atom. The highest BCUT2D eigenvalue weighted by Crippen LogP contribution is 2.31. The van der Waals surface area contributed by atoms with Gasteiger partial charge in [-0.05, 0) is 42.3 Å². The number of anilines is 1. The predicted octanol–water partition coefficient (Wildman–Crippen LogP) is 2.69. The average Bonchev–Trinajstić information content (AvgIpc) is 3.03. The summed E-state index contributed by atoms with van der Waals surface area (Å²) in [6, 6.07) is 15.6. The van der Waals surface area contributed by atoms with Crippen LogP contribution in [0.15, 0.2) is 48.5 Å². The fraction of sp³-hybridized carbons (Fsp3) is 0.300. The molecule has 1 fully saturated rings. The van der Waals surface area contributed by atoms with E-state index in [1.807, 2.05) is 55.6 Å². The molecular weight excluding hydrogens is 330 g/mol.